The lowest BCUT2D eigenvalue weighted by atomic mass is 9.88. The van der Waals surface area contributed by atoms with Gasteiger partial charge < -0.3 is 24.4 Å². The van der Waals surface area contributed by atoms with Crippen molar-refractivity contribution in [3.8, 4) is 0 Å². The number of anilines is 1. The summed E-state index contributed by atoms with van der Waals surface area (Å²) >= 11 is 0. The number of aromatic nitrogens is 3. The van der Waals surface area contributed by atoms with Gasteiger partial charge >= 0.3 is 6.09 Å². The Labute approximate surface area is 223 Å². The minimum Gasteiger partial charge on any atom is -0.465 e. The minimum atomic E-state index is -1.19. The minimum absolute atomic E-state index is 0.0820. The van der Waals surface area contributed by atoms with E-state index in [2.05, 4.69) is 55.3 Å². The van der Waals surface area contributed by atoms with Crippen LogP contribution in [0, 0.1) is 0 Å². The van der Waals surface area contributed by atoms with Crippen LogP contribution in [0.3, 0.4) is 0 Å². The fourth-order valence-corrected chi connectivity index (χ4v) is 6.87. The fourth-order valence-electron chi connectivity index (χ4n) is 5.36. The predicted molar refractivity (Wildman–Crippen MR) is 152 cm³/mol. The molecule has 2 fully saturated rings. The molecule has 1 N–H and O–H groups in total. The molecule has 2 aromatic rings. The van der Waals surface area contributed by atoms with Gasteiger partial charge in [0.25, 0.3) is 0 Å². The molecular weight excluding hydrogens is 502 g/mol. The van der Waals surface area contributed by atoms with E-state index in [0.29, 0.717) is 13.5 Å². The quantitative estimate of drug-likeness (QED) is 0.212. The number of carbonyl (C=O) groups is 1. The smallest absolute Gasteiger partial charge is 0.407 e. The summed E-state index contributed by atoms with van der Waals surface area (Å²) in [6, 6.07) is 6.45. The van der Waals surface area contributed by atoms with Crippen LogP contribution in [0.25, 0.3) is 5.65 Å². The van der Waals surface area contributed by atoms with Crippen molar-refractivity contribution in [1.29, 1.82) is 0 Å². The number of amides is 1. The zero-order valence-electron chi connectivity index (χ0n) is 23.4. The molecule has 1 amide bonds. The van der Waals surface area contributed by atoms with Crippen molar-refractivity contribution in [3.05, 3.63) is 24.0 Å². The Morgan fingerprint density at radius 3 is 2.11 bits per heavy atom. The van der Waals surface area contributed by atoms with Crippen molar-refractivity contribution >= 4 is 33.7 Å². The summed E-state index contributed by atoms with van der Waals surface area (Å²) in [5.41, 5.74) is 1.81. The molecule has 2 aliphatic rings. The molecular formula is C26H45N5O4Si2. The predicted octanol–water partition coefficient (Wildman–Crippen LogP) is 5.55. The van der Waals surface area contributed by atoms with Gasteiger partial charge in [-0.15, -0.1) is 0 Å². The lowest BCUT2D eigenvalue weighted by Gasteiger charge is -2.37. The molecule has 0 aliphatic carbocycles. The van der Waals surface area contributed by atoms with E-state index in [1.807, 2.05) is 10.6 Å². The van der Waals surface area contributed by atoms with Crippen LogP contribution in [-0.2, 0) is 9.47 Å². The normalized spacial score (nSPS) is 22.1. The maximum atomic E-state index is 11.8. The van der Waals surface area contributed by atoms with E-state index in [1.165, 1.54) is 0 Å². The van der Waals surface area contributed by atoms with Crippen molar-refractivity contribution in [2.75, 3.05) is 31.6 Å². The molecule has 37 heavy (non-hydrogen) atoms. The third kappa shape index (κ3) is 7.33. The van der Waals surface area contributed by atoms with Crippen LogP contribution >= 0.6 is 0 Å². The SMILES string of the molecule is C[Si](C)(C)CCOCN(COCC[Si](C)(C)C)c1cc(C2C[C@H]3CC[C@@H](C2)N3C(=O)O)nc2ccnn12. The van der Waals surface area contributed by atoms with Crippen LogP contribution in [0.4, 0.5) is 10.6 Å². The zero-order chi connectivity index (χ0) is 26.8. The highest BCUT2D eigenvalue weighted by atomic mass is 28.3. The lowest BCUT2D eigenvalue weighted by Crippen LogP contribution is -2.45. The molecule has 2 saturated heterocycles. The molecule has 3 atom stereocenters. The van der Waals surface area contributed by atoms with E-state index >= 15 is 0 Å². The lowest BCUT2D eigenvalue weighted by molar-refractivity contribution is 0.0934. The second kappa shape index (κ2) is 11.4. The van der Waals surface area contributed by atoms with Gasteiger partial charge in [-0.1, -0.05) is 39.3 Å². The number of hydrogen-bond donors (Lipinski definition) is 1. The highest BCUT2D eigenvalue weighted by molar-refractivity contribution is 6.76. The largest absolute Gasteiger partial charge is 0.465 e. The van der Waals surface area contributed by atoms with E-state index in [4.69, 9.17) is 14.5 Å². The van der Waals surface area contributed by atoms with Gasteiger partial charge in [-0.25, -0.2) is 9.78 Å². The average Bonchev–Trinajstić information content (AvgIpc) is 3.38. The first-order valence-corrected chi connectivity index (χ1v) is 21.1. The van der Waals surface area contributed by atoms with Gasteiger partial charge in [-0.05, 0) is 37.8 Å². The molecule has 9 nitrogen and oxygen atoms in total. The molecule has 4 rings (SSSR count). The molecule has 206 valence electrons. The number of piperidine rings is 1. The van der Waals surface area contributed by atoms with E-state index in [9.17, 15) is 9.90 Å². The molecule has 0 spiro atoms. The number of ether oxygens (including phenoxy) is 2. The zero-order valence-corrected chi connectivity index (χ0v) is 25.4. The molecule has 2 bridgehead atoms. The van der Waals surface area contributed by atoms with E-state index in [1.54, 1.807) is 11.1 Å². The molecule has 0 aromatic carbocycles. The Kier molecular flexibility index (Phi) is 8.66. The van der Waals surface area contributed by atoms with Gasteiger partial charge in [-0.2, -0.15) is 9.61 Å². The molecule has 2 aliphatic heterocycles. The summed E-state index contributed by atoms with van der Waals surface area (Å²) in [5, 5.41) is 14.2. The first-order chi connectivity index (χ1) is 17.4. The molecule has 11 heteroatoms. The van der Waals surface area contributed by atoms with Gasteiger partial charge in [0.1, 0.15) is 19.3 Å². The summed E-state index contributed by atoms with van der Waals surface area (Å²) in [4.78, 5) is 20.6. The summed E-state index contributed by atoms with van der Waals surface area (Å²) in [7, 11) is -2.38. The fraction of sp³-hybridized carbons (Fsp3) is 0.731. The van der Waals surface area contributed by atoms with Crippen LogP contribution in [0.5, 0.6) is 0 Å². The summed E-state index contributed by atoms with van der Waals surface area (Å²) in [6.45, 7) is 16.5. The van der Waals surface area contributed by atoms with E-state index in [-0.39, 0.29) is 18.0 Å². The van der Waals surface area contributed by atoms with Gasteiger partial charge in [0.05, 0.1) is 6.20 Å². The third-order valence-electron chi connectivity index (χ3n) is 7.54. The molecule has 4 heterocycles. The van der Waals surface area contributed by atoms with Crippen molar-refractivity contribution in [1.82, 2.24) is 19.5 Å². The number of fused-ring (bicyclic) bond motifs is 3. The van der Waals surface area contributed by atoms with Gasteiger partial charge in [0.15, 0.2) is 5.65 Å². The first kappa shape index (κ1) is 28.1. The van der Waals surface area contributed by atoms with Crippen LogP contribution in [0.15, 0.2) is 18.3 Å². The van der Waals surface area contributed by atoms with Crippen molar-refractivity contribution in [2.24, 2.45) is 0 Å². The number of carboxylic acid groups (broad SMARTS) is 1. The Hall–Kier alpha value is -1.96. The van der Waals surface area contributed by atoms with Gasteiger partial charge in [0, 0.05) is 65.2 Å². The Bertz CT molecular complexity index is 1030. The highest BCUT2D eigenvalue weighted by Gasteiger charge is 2.44. The van der Waals surface area contributed by atoms with E-state index in [0.717, 1.165) is 68.1 Å². The van der Waals surface area contributed by atoms with Crippen LogP contribution in [0.1, 0.15) is 37.3 Å². The third-order valence-corrected chi connectivity index (χ3v) is 11.0. The van der Waals surface area contributed by atoms with Crippen molar-refractivity contribution < 1.29 is 19.4 Å². The maximum absolute atomic E-state index is 11.8. The Balaban J connectivity index is 1.55. The maximum Gasteiger partial charge on any atom is 0.407 e. The van der Waals surface area contributed by atoms with Crippen LogP contribution in [0.2, 0.25) is 51.4 Å². The number of hydrogen-bond acceptors (Lipinski definition) is 6. The van der Waals surface area contributed by atoms with Gasteiger partial charge in [0.2, 0.25) is 0 Å². The second-order valence-electron chi connectivity index (χ2n) is 13.1. The Morgan fingerprint density at radius 1 is 1.03 bits per heavy atom. The average molecular weight is 548 g/mol. The summed E-state index contributed by atoms with van der Waals surface area (Å²) < 4.78 is 14.2. The molecule has 1 unspecified atom stereocenters. The molecule has 0 radical (unpaired) electrons. The monoisotopic (exact) mass is 547 g/mol. The molecule has 0 saturated carbocycles. The van der Waals surface area contributed by atoms with Gasteiger partial charge in [-0.3, -0.25) is 0 Å². The molecule has 2 aromatic heterocycles. The van der Waals surface area contributed by atoms with Crippen LogP contribution < -0.4 is 4.90 Å². The first-order valence-electron chi connectivity index (χ1n) is 13.7. The van der Waals surface area contributed by atoms with E-state index < -0.39 is 22.2 Å². The topological polar surface area (TPSA) is 92.4 Å². The standard InChI is InChI=1S/C26H45N5O4Si2/c1-36(2,3)13-11-34-18-29(19-35-12-14-37(4,5)6)25-17-23(28-24-9-10-27-31(24)25)20-15-21-7-8-22(16-20)30(21)26(32)33/h9-10,17,20-22H,7-8,11-16,18-19H2,1-6H3,(H,32,33)/t20?,21-,22+. The van der Waals surface area contributed by atoms with Crippen molar-refractivity contribution in [2.45, 2.75) is 95.1 Å². The summed E-state index contributed by atoms with van der Waals surface area (Å²) in [5.74, 6) is 1.15. The summed E-state index contributed by atoms with van der Waals surface area (Å²) in [6.07, 6.45) is 4.51. The number of rotatable bonds is 12. The number of nitrogens with zero attached hydrogens (tertiary/aromatic N) is 5. The second-order valence-corrected chi connectivity index (χ2v) is 24.4. The van der Waals surface area contributed by atoms with Crippen molar-refractivity contribution in [3.63, 3.8) is 0 Å². The highest BCUT2D eigenvalue weighted by Crippen LogP contribution is 2.43. The van der Waals surface area contributed by atoms with Crippen LogP contribution in [-0.4, -0.2) is 85.6 Å². The Morgan fingerprint density at radius 2 is 1.59 bits per heavy atom.